The summed E-state index contributed by atoms with van der Waals surface area (Å²) in [5, 5.41) is 14.1. The number of aromatic nitrogens is 1. The summed E-state index contributed by atoms with van der Waals surface area (Å²) in [4.78, 5) is 24.8. The molecule has 0 saturated carbocycles. The Kier molecular flexibility index (Phi) is 5.00. The summed E-state index contributed by atoms with van der Waals surface area (Å²) in [5.41, 5.74) is 1.97. The lowest BCUT2D eigenvalue weighted by atomic mass is 9.89. The molecule has 0 unspecified atom stereocenters. The third-order valence-corrected chi connectivity index (χ3v) is 5.76. The second kappa shape index (κ2) is 7.45. The van der Waals surface area contributed by atoms with Crippen LogP contribution in [0.25, 0.3) is 21.8 Å². The van der Waals surface area contributed by atoms with Crippen LogP contribution < -0.4 is 15.5 Å². The minimum Gasteiger partial charge on any atom is -0.493 e. The number of carboxylic acids is 1. The molecule has 2 N–H and O–H groups in total. The Balaban J connectivity index is 2.08. The van der Waals surface area contributed by atoms with Gasteiger partial charge < -0.3 is 19.7 Å². The lowest BCUT2D eigenvalue weighted by Crippen LogP contribution is -2.26. The van der Waals surface area contributed by atoms with Gasteiger partial charge in [-0.2, -0.15) is 0 Å². The Morgan fingerprint density at radius 2 is 1.96 bits per heavy atom. The highest BCUT2D eigenvalue weighted by molar-refractivity contribution is 6.33. The molecule has 0 atom stereocenters. The largest absolute Gasteiger partial charge is 0.493 e. The Bertz CT molecular complexity index is 1130. The summed E-state index contributed by atoms with van der Waals surface area (Å²) in [6.45, 7) is 1.61. The number of ether oxygens (including phenoxy) is 1. The zero-order valence-corrected chi connectivity index (χ0v) is 16.3. The third kappa shape index (κ3) is 3.12. The average Bonchev–Trinajstić information content (AvgIpc) is 2.71. The number of pyridine rings is 1. The van der Waals surface area contributed by atoms with Crippen LogP contribution in [-0.4, -0.2) is 35.8 Å². The lowest BCUT2D eigenvalue weighted by molar-refractivity contribution is -0.137. The van der Waals surface area contributed by atoms with Crippen molar-refractivity contribution in [3.05, 3.63) is 51.1 Å². The SMILES string of the molecule is COc1c(Cl)ccc2c(=O)c3ccc(C4CCNCC4)cc3n(CC(=O)O)c12. The van der Waals surface area contributed by atoms with E-state index in [-0.39, 0.29) is 12.0 Å². The standard InChI is InChI=1S/C21H21ClN2O4/c1-28-21-16(22)5-4-15-19(21)24(11-18(25)26)17-10-13(2-3-14(17)20(15)27)12-6-8-23-9-7-12/h2-5,10,12,23H,6-9,11H2,1H3,(H,25,26). The van der Waals surface area contributed by atoms with Gasteiger partial charge in [-0.3, -0.25) is 9.59 Å². The Morgan fingerprint density at radius 3 is 2.64 bits per heavy atom. The van der Waals surface area contributed by atoms with Crippen molar-refractivity contribution < 1.29 is 14.6 Å². The van der Waals surface area contributed by atoms with Crippen molar-refractivity contribution in [1.82, 2.24) is 9.88 Å². The predicted molar refractivity (Wildman–Crippen MR) is 110 cm³/mol. The molecule has 7 heteroatoms. The van der Waals surface area contributed by atoms with Crippen LogP contribution in [0.1, 0.15) is 24.3 Å². The van der Waals surface area contributed by atoms with Crippen molar-refractivity contribution in [3.8, 4) is 5.75 Å². The fourth-order valence-electron chi connectivity index (χ4n) is 4.13. The molecule has 0 amide bonds. The number of rotatable bonds is 4. The summed E-state index contributed by atoms with van der Waals surface area (Å²) < 4.78 is 7.07. The number of aliphatic carboxylic acids is 1. The van der Waals surface area contributed by atoms with E-state index in [9.17, 15) is 14.7 Å². The van der Waals surface area contributed by atoms with Gasteiger partial charge in [-0.25, -0.2) is 0 Å². The maximum Gasteiger partial charge on any atom is 0.323 e. The van der Waals surface area contributed by atoms with Gasteiger partial charge in [0.25, 0.3) is 0 Å². The minimum absolute atomic E-state index is 0.154. The fourth-order valence-corrected chi connectivity index (χ4v) is 4.36. The van der Waals surface area contributed by atoms with Crippen molar-refractivity contribution in [2.45, 2.75) is 25.3 Å². The van der Waals surface area contributed by atoms with Gasteiger partial charge in [0.1, 0.15) is 6.54 Å². The number of nitrogens with one attached hydrogen (secondary N) is 1. The van der Waals surface area contributed by atoms with Crippen LogP contribution in [0, 0.1) is 0 Å². The van der Waals surface area contributed by atoms with Crippen molar-refractivity contribution in [2.24, 2.45) is 0 Å². The number of benzene rings is 2. The molecule has 0 bridgehead atoms. The summed E-state index contributed by atoms with van der Waals surface area (Å²) in [7, 11) is 1.46. The van der Waals surface area contributed by atoms with E-state index in [0.29, 0.717) is 38.5 Å². The molecule has 1 aliphatic rings. The molecule has 1 aromatic heterocycles. The molecule has 1 aliphatic heterocycles. The molecule has 1 saturated heterocycles. The molecule has 2 heterocycles. The van der Waals surface area contributed by atoms with E-state index in [1.807, 2.05) is 18.2 Å². The van der Waals surface area contributed by atoms with E-state index in [0.717, 1.165) is 31.5 Å². The van der Waals surface area contributed by atoms with Crippen LogP contribution in [0.3, 0.4) is 0 Å². The number of methoxy groups -OCH3 is 1. The van der Waals surface area contributed by atoms with Gasteiger partial charge in [-0.15, -0.1) is 0 Å². The van der Waals surface area contributed by atoms with Crippen molar-refractivity contribution in [3.63, 3.8) is 0 Å². The normalized spacial score (nSPS) is 15.2. The summed E-state index contributed by atoms with van der Waals surface area (Å²) in [5.74, 6) is -0.303. The van der Waals surface area contributed by atoms with E-state index in [2.05, 4.69) is 5.32 Å². The van der Waals surface area contributed by atoms with Crippen molar-refractivity contribution in [1.29, 1.82) is 0 Å². The van der Waals surface area contributed by atoms with Crippen LogP contribution in [0.5, 0.6) is 5.75 Å². The molecule has 6 nitrogen and oxygen atoms in total. The van der Waals surface area contributed by atoms with E-state index < -0.39 is 5.97 Å². The maximum atomic E-state index is 13.1. The number of hydrogen-bond acceptors (Lipinski definition) is 4. The van der Waals surface area contributed by atoms with Crippen LogP contribution in [0.4, 0.5) is 0 Å². The minimum atomic E-state index is -0.999. The Morgan fingerprint density at radius 1 is 1.25 bits per heavy atom. The quantitative estimate of drug-likeness (QED) is 0.656. The van der Waals surface area contributed by atoms with Gasteiger partial charge in [-0.05, 0) is 61.7 Å². The molecule has 0 aliphatic carbocycles. The van der Waals surface area contributed by atoms with Crippen molar-refractivity contribution in [2.75, 3.05) is 20.2 Å². The van der Waals surface area contributed by atoms with Gasteiger partial charge >= 0.3 is 5.97 Å². The molecular weight excluding hydrogens is 380 g/mol. The zero-order chi connectivity index (χ0) is 19.8. The highest BCUT2D eigenvalue weighted by atomic mass is 35.5. The molecular formula is C21H21ClN2O4. The van der Waals surface area contributed by atoms with Gasteiger partial charge in [0.2, 0.25) is 0 Å². The van der Waals surface area contributed by atoms with E-state index in [4.69, 9.17) is 16.3 Å². The van der Waals surface area contributed by atoms with Gasteiger partial charge in [0.05, 0.1) is 28.6 Å². The number of carbonyl (C=O) groups is 1. The van der Waals surface area contributed by atoms with Crippen LogP contribution >= 0.6 is 11.6 Å². The third-order valence-electron chi connectivity index (χ3n) is 5.46. The fraction of sp³-hybridized carbons (Fsp3) is 0.333. The smallest absolute Gasteiger partial charge is 0.323 e. The van der Waals surface area contributed by atoms with Crippen LogP contribution in [-0.2, 0) is 11.3 Å². The molecule has 1 fully saturated rings. The zero-order valence-electron chi connectivity index (χ0n) is 15.5. The number of nitrogens with zero attached hydrogens (tertiary/aromatic N) is 1. The Labute approximate surface area is 166 Å². The predicted octanol–water partition coefficient (Wildman–Crippen LogP) is 3.37. The Hall–Kier alpha value is -2.57. The van der Waals surface area contributed by atoms with Gasteiger partial charge in [0, 0.05) is 5.39 Å². The van der Waals surface area contributed by atoms with Gasteiger partial charge in [-0.1, -0.05) is 17.7 Å². The van der Waals surface area contributed by atoms with Crippen LogP contribution in [0.2, 0.25) is 5.02 Å². The average molecular weight is 401 g/mol. The number of hydrogen-bond donors (Lipinski definition) is 2. The number of halogens is 1. The summed E-state index contributed by atoms with van der Waals surface area (Å²) >= 11 is 6.27. The summed E-state index contributed by atoms with van der Waals surface area (Å²) in [6, 6.07) is 8.98. The first-order valence-corrected chi connectivity index (χ1v) is 9.64. The second-order valence-electron chi connectivity index (χ2n) is 7.09. The van der Waals surface area contributed by atoms with E-state index in [1.54, 1.807) is 16.7 Å². The summed E-state index contributed by atoms with van der Waals surface area (Å²) in [6.07, 6.45) is 2.02. The molecule has 146 valence electrons. The number of carboxylic acid groups (broad SMARTS) is 1. The molecule has 28 heavy (non-hydrogen) atoms. The lowest BCUT2D eigenvalue weighted by Gasteiger charge is -2.24. The number of piperidine rings is 1. The van der Waals surface area contributed by atoms with Crippen molar-refractivity contribution >= 4 is 39.4 Å². The molecule has 0 radical (unpaired) electrons. The maximum absolute atomic E-state index is 13.1. The first-order valence-electron chi connectivity index (χ1n) is 9.26. The topological polar surface area (TPSA) is 80.6 Å². The highest BCUT2D eigenvalue weighted by Gasteiger charge is 2.21. The highest BCUT2D eigenvalue weighted by Crippen LogP contribution is 2.35. The van der Waals surface area contributed by atoms with Gasteiger partial charge in [0.15, 0.2) is 11.2 Å². The van der Waals surface area contributed by atoms with Crippen LogP contribution in [0.15, 0.2) is 35.1 Å². The van der Waals surface area contributed by atoms with E-state index in [1.165, 1.54) is 7.11 Å². The first-order chi connectivity index (χ1) is 13.5. The molecule has 4 rings (SSSR count). The first kappa shape index (κ1) is 18.8. The monoisotopic (exact) mass is 400 g/mol. The molecule has 0 spiro atoms. The molecule has 3 aromatic rings. The number of fused-ring (bicyclic) bond motifs is 2. The second-order valence-corrected chi connectivity index (χ2v) is 7.49. The van der Waals surface area contributed by atoms with E-state index >= 15 is 0 Å². The molecule has 2 aromatic carbocycles.